The Morgan fingerprint density at radius 2 is 1.73 bits per heavy atom. The number of sulfonamides is 1. The molecular weight excluding hydrogens is 350 g/mol. The third kappa shape index (κ3) is 4.04. The van der Waals surface area contributed by atoms with Crippen molar-refractivity contribution < 1.29 is 13.2 Å². The first-order valence-electron chi connectivity index (χ1n) is 8.82. The lowest BCUT2D eigenvalue weighted by Gasteiger charge is -2.31. The van der Waals surface area contributed by atoms with Gasteiger partial charge in [0.15, 0.2) is 0 Å². The number of hydrogen-bond donors (Lipinski definition) is 0. The van der Waals surface area contributed by atoms with Crippen LogP contribution in [0.2, 0.25) is 0 Å². The minimum atomic E-state index is -3.47. The van der Waals surface area contributed by atoms with E-state index in [0.29, 0.717) is 42.5 Å². The normalized spacial score (nSPS) is 16.6. The first kappa shape index (κ1) is 18.8. The fourth-order valence-corrected chi connectivity index (χ4v) is 5.01. The van der Waals surface area contributed by atoms with Gasteiger partial charge in [0.25, 0.3) is 0 Å². The summed E-state index contributed by atoms with van der Waals surface area (Å²) in [6, 6.07) is 7.35. The lowest BCUT2D eigenvalue weighted by Crippen LogP contribution is -2.42. The second-order valence-corrected chi connectivity index (χ2v) is 8.79. The van der Waals surface area contributed by atoms with Crippen molar-refractivity contribution in [3.8, 4) is 5.88 Å². The highest BCUT2D eigenvalue weighted by atomic mass is 32.2. The largest absolute Gasteiger partial charge is 0.474 e. The third-order valence-corrected chi connectivity index (χ3v) is 6.63. The number of ether oxygens (including phenoxy) is 1. The van der Waals surface area contributed by atoms with Crippen molar-refractivity contribution in [2.75, 3.05) is 13.1 Å². The van der Waals surface area contributed by atoms with E-state index in [1.165, 1.54) is 0 Å². The summed E-state index contributed by atoms with van der Waals surface area (Å²) in [7, 11) is -3.47. The quantitative estimate of drug-likeness (QED) is 0.821. The van der Waals surface area contributed by atoms with Gasteiger partial charge in [-0.15, -0.1) is 0 Å². The van der Waals surface area contributed by atoms with Crippen molar-refractivity contribution in [1.29, 1.82) is 0 Å². The van der Waals surface area contributed by atoms with Crippen LogP contribution in [-0.4, -0.2) is 41.9 Å². The van der Waals surface area contributed by atoms with Gasteiger partial charge in [0.2, 0.25) is 15.9 Å². The van der Waals surface area contributed by atoms with Crippen molar-refractivity contribution in [2.24, 2.45) is 0 Å². The Morgan fingerprint density at radius 1 is 1.04 bits per heavy atom. The summed E-state index contributed by atoms with van der Waals surface area (Å²) >= 11 is 0. The molecule has 0 aliphatic carbocycles. The van der Waals surface area contributed by atoms with Crippen LogP contribution in [0.1, 0.15) is 35.5 Å². The van der Waals surface area contributed by atoms with Gasteiger partial charge in [0.1, 0.15) is 11.9 Å². The number of hydrogen-bond acceptors (Lipinski definition) is 5. The first-order chi connectivity index (χ1) is 12.3. The Morgan fingerprint density at radius 3 is 2.38 bits per heavy atom. The molecule has 2 heterocycles. The molecule has 0 N–H and O–H groups in total. The van der Waals surface area contributed by atoms with E-state index in [0.717, 1.165) is 16.8 Å². The summed E-state index contributed by atoms with van der Waals surface area (Å²) < 4.78 is 33.5. The zero-order valence-corrected chi connectivity index (χ0v) is 16.5. The minimum Gasteiger partial charge on any atom is -0.474 e. The third-order valence-electron chi connectivity index (χ3n) is 4.59. The molecule has 0 unspecified atom stereocenters. The second-order valence-electron chi connectivity index (χ2n) is 6.89. The fourth-order valence-electron chi connectivity index (χ4n) is 3.23. The highest BCUT2D eigenvalue weighted by molar-refractivity contribution is 7.89. The molecular formula is C19H25N3O3S. The maximum atomic E-state index is 13.0. The molecule has 0 spiro atoms. The molecule has 0 amide bonds. The van der Waals surface area contributed by atoms with Crippen LogP contribution in [0.25, 0.3) is 0 Å². The standard InChI is InChI=1S/C19H25N3O3S/c1-13-5-6-14(2)18(11-13)26(23,24)22-9-7-17(8-10-22)25-19-12-15(3)20-16(4)21-19/h5-6,11-12,17H,7-10H2,1-4H3. The predicted octanol–water partition coefficient (Wildman–Crippen LogP) is 2.94. The highest BCUT2D eigenvalue weighted by Crippen LogP contribution is 2.26. The van der Waals surface area contributed by atoms with Crippen LogP contribution in [0.15, 0.2) is 29.2 Å². The van der Waals surface area contributed by atoms with Crippen LogP contribution in [-0.2, 0) is 10.0 Å². The summed E-state index contributed by atoms with van der Waals surface area (Å²) in [5.74, 6) is 1.24. The van der Waals surface area contributed by atoms with Crippen molar-refractivity contribution in [1.82, 2.24) is 14.3 Å². The van der Waals surface area contributed by atoms with Crippen LogP contribution in [0.4, 0.5) is 0 Å². The molecule has 3 rings (SSSR count). The minimum absolute atomic E-state index is 0.0336. The van der Waals surface area contributed by atoms with E-state index >= 15 is 0 Å². The van der Waals surface area contributed by atoms with Gasteiger partial charge in [-0.3, -0.25) is 0 Å². The van der Waals surface area contributed by atoms with Crippen molar-refractivity contribution in [3.63, 3.8) is 0 Å². The fraction of sp³-hybridized carbons (Fsp3) is 0.474. The molecule has 0 bridgehead atoms. The maximum absolute atomic E-state index is 13.0. The number of aromatic nitrogens is 2. The topological polar surface area (TPSA) is 72.4 Å². The summed E-state index contributed by atoms with van der Waals surface area (Å²) in [5.41, 5.74) is 2.59. The van der Waals surface area contributed by atoms with E-state index in [-0.39, 0.29) is 6.10 Å². The monoisotopic (exact) mass is 375 g/mol. The van der Waals surface area contributed by atoms with Gasteiger partial charge >= 0.3 is 0 Å². The smallest absolute Gasteiger partial charge is 0.243 e. The molecule has 1 aliphatic heterocycles. The molecule has 0 atom stereocenters. The van der Waals surface area contributed by atoms with E-state index in [4.69, 9.17) is 4.74 Å². The molecule has 1 fully saturated rings. The van der Waals surface area contributed by atoms with Gasteiger partial charge in [0, 0.05) is 24.8 Å². The van der Waals surface area contributed by atoms with Gasteiger partial charge in [-0.05, 0) is 57.7 Å². The van der Waals surface area contributed by atoms with Crippen LogP contribution >= 0.6 is 0 Å². The summed E-state index contributed by atoms with van der Waals surface area (Å²) in [6.45, 7) is 8.37. The lowest BCUT2D eigenvalue weighted by molar-refractivity contribution is 0.129. The van der Waals surface area contributed by atoms with E-state index < -0.39 is 10.0 Å². The summed E-state index contributed by atoms with van der Waals surface area (Å²) in [6.07, 6.45) is 1.26. The van der Waals surface area contributed by atoms with Gasteiger partial charge in [-0.2, -0.15) is 9.29 Å². The molecule has 140 valence electrons. The molecule has 6 nitrogen and oxygen atoms in total. The van der Waals surface area contributed by atoms with Crippen molar-refractivity contribution in [3.05, 3.63) is 46.9 Å². The second kappa shape index (κ2) is 7.32. The molecule has 7 heteroatoms. The van der Waals surface area contributed by atoms with Crippen LogP contribution < -0.4 is 4.74 Å². The van der Waals surface area contributed by atoms with Crippen molar-refractivity contribution >= 4 is 10.0 Å². The van der Waals surface area contributed by atoms with E-state index in [2.05, 4.69) is 9.97 Å². The molecule has 1 saturated heterocycles. The Bertz CT molecular complexity index is 884. The number of rotatable bonds is 4. The maximum Gasteiger partial charge on any atom is 0.243 e. The zero-order valence-electron chi connectivity index (χ0n) is 15.7. The highest BCUT2D eigenvalue weighted by Gasteiger charge is 2.31. The Balaban J connectivity index is 1.69. The summed E-state index contributed by atoms with van der Waals surface area (Å²) in [5, 5.41) is 0. The molecule has 0 radical (unpaired) electrons. The molecule has 0 saturated carbocycles. The lowest BCUT2D eigenvalue weighted by atomic mass is 10.1. The molecule has 1 aliphatic rings. The van der Waals surface area contributed by atoms with E-state index in [9.17, 15) is 8.42 Å². The van der Waals surface area contributed by atoms with Gasteiger partial charge in [0.05, 0.1) is 4.90 Å². The number of aryl methyl sites for hydroxylation is 4. The van der Waals surface area contributed by atoms with Crippen LogP contribution in [0.5, 0.6) is 5.88 Å². The van der Waals surface area contributed by atoms with Crippen LogP contribution in [0.3, 0.4) is 0 Å². The number of nitrogens with zero attached hydrogens (tertiary/aromatic N) is 3. The average Bonchev–Trinajstić information content (AvgIpc) is 2.56. The number of benzene rings is 1. The molecule has 26 heavy (non-hydrogen) atoms. The SMILES string of the molecule is Cc1ccc(C)c(S(=O)(=O)N2CCC(Oc3cc(C)nc(C)n3)CC2)c1. The van der Waals surface area contributed by atoms with Gasteiger partial charge in [-0.25, -0.2) is 13.4 Å². The first-order valence-corrected chi connectivity index (χ1v) is 10.3. The molecule has 2 aromatic rings. The number of piperidine rings is 1. The summed E-state index contributed by atoms with van der Waals surface area (Å²) in [4.78, 5) is 8.94. The zero-order chi connectivity index (χ0) is 18.9. The average molecular weight is 375 g/mol. The van der Waals surface area contributed by atoms with Gasteiger partial charge in [-0.1, -0.05) is 12.1 Å². The van der Waals surface area contributed by atoms with E-state index in [1.54, 1.807) is 10.4 Å². The molecule has 1 aromatic carbocycles. The van der Waals surface area contributed by atoms with E-state index in [1.807, 2.05) is 45.9 Å². The molecule has 1 aromatic heterocycles. The Labute approximate surface area is 155 Å². The van der Waals surface area contributed by atoms with Crippen LogP contribution in [0, 0.1) is 27.7 Å². The predicted molar refractivity (Wildman–Crippen MR) is 99.8 cm³/mol. The van der Waals surface area contributed by atoms with Gasteiger partial charge < -0.3 is 4.74 Å². The Kier molecular flexibility index (Phi) is 5.29. The Hall–Kier alpha value is -1.99. The van der Waals surface area contributed by atoms with Crippen molar-refractivity contribution in [2.45, 2.75) is 51.5 Å².